The molecular formula is C19H19N3O5. The Morgan fingerprint density at radius 3 is 2.37 bits per heavy atom. The number of carbonyl (C=O) groups is 3. The molecule has 0 atom stereocenters. The number of pyridine rings is 1. The zero-order chi connectivity index (χ0) is 19.2. The Morgan fingerprint density at radius 1 is 1.04 bits per heavy atom. The number of rotatable bonds is 5. The Balaban J connectivity index is 1.60. The Kier molecular flexibility index (Phi) is 5.77. The van der Waals surface area contributed by atoms with E-state index in [-0.39, 0.29) is 23.7 Å². The van der Waals surface area contributed by atoms with Gasteiger partial charge >= 0.3 is 5.97 Å². The van der Waals surface area contributed by atoms with Crippen molar-refractivity contribution in [1.29, 1.82) is 0 Å². The van der Waals surface area contributed by atoms with E-state index in [4.69, 9.17) is 9.84 Å². The fourth-order valence-corrected chi connectivity index (χ4v) is 2.68. The molecule has 2 aromatic rings. The molecule has 8 heteroatoms. The van der Waals surface area contributed by atoms with Gasteiger partial charge in [0.1, 0.15) is 11.4 Å². The summed E-state index contributed by atoms with van der Waals surface area (Å²) in [6.07, 6.45) is 0.288. The number of hydrogen-bond donors (Lipinski definition) is 2. The summed E-state index contributed by atoms with van der Waals surface area (Å²) in [6.45, 7) is 2.34. The maximum absolute atomic E-state index is 12.2. The van der Waals surface area contributed by atoms with Crippen LogP contribution in [0.2, 0.25) is 0 Å². The third-order valence-corrected chi connectivity index (χ3v) is 4.13. The Bertz CT molecular complexity index is 845. The van der Waals surface area contributed by atoms with Crippen molar-refractivity contribution < 1.29 is 24.2 Å². The molecule has 0 unspecified atom stereocenters. The third kappa shape index (κ3) is 4.89. The molecule has 0 radical (unpaired) electrons. The molecule has 0 bridgehead atoms. The first-order chi connectivity index (χ1) is 13.0. The number of carboxylic acids is 1. The van der Waals surface area contributed by atoms with Crippen molar-refractivity contribution in [3.8, 4) is 0 Å². The summed E-state index contributed by atoms with van der Waals surface area (Å²) in [4.78, 5) is 41.0. The molecule has 1 aliphatic heterocycles. The molecule has 1 fully saturated rings. The van der Waals surface area contributed by atoms with E-state index in [1.54, 1.807) is 29.2 Å². The molecule has 0 aliphatic carbocycles. The first-order valence-electron chi connectivity index (χ1n) is 8.49. The highest BCUT2D eigenvalue weighted by atomic mass is 16.5. The molecule has 1 saturated heterocycles. The number of carboxylic acid groups (broad SMARTS) is 1. The maximum atomic E-state index is 12.2. The molecule has 2 amide bonds. The number of morpholine rings is 1. The van der Waals surface area contributed by atoms with Gasteiger partial charge in [0.25, 0.3) is 5.91 Å². The summed E-state index contributed by atoms with van der Waals surface area (Å²) in [5, 5.41) is 11.6. The second-order valence-corrected chi connectivity index (χ2v) is 6.03. The van der Waals surface area contributed by atoms with Crippen LogP contribution in [0.4, 0.5) is 5.69 Å². The normalized spacial score (nSPS) is 13.9. The van der Waals surface area contributed by atoms with Crippen molar-refractivity contribution in [2.24, 2.45) is 0 Å². The predicted molar refractivity (Wildman–Crippen MR) is 96.7 cm³/mol. The van der Waals surface area contributed by atoms with Gasteiger partial charge in [-0.15, -0.1) is 0 Å². The van der Waals surface area contributed by atoms with Crippen LogP contribution in [0.1, 0.15) is 26.5 Å². The molecular weight excluding hydrogens is 350 g/mol. The molecule has 8 nitrogen and oxygen atoms in total. The van der Waals surface area contributed by atoms with Crippen LogP contribution < -0.4 is 5.32 Å². The highest BCUT2D eigenvalue weighted by Crippen LogP contribution is 2.13. The van der Waals surface area contributed by atoms with E-state index < -0.39 is 11.9 Å². The number of aromatic carboxylic acids is 1. The molecule has 3 rings (SSSR count). The second kappa shape index (κ2) is 8.41. The van der Waals surface area contributed by atoms with Gasteiger partial charge in [-0.1, -0.05) is 18.2 Å². The van der Waals surface area contributed by atoms with Crippen LogP contribution in [0.3, 0.4) is 0 Å². The van der Waals surface area contributed by atoms with E-state index in [9.17, 15) is 14.4 Å². The Labute approximate surface area is 155 Å². The van der Waals surface area contributed by atoms with E-state index in [1.165, 1.54) is 18.2 Å². The van der Waals surface area contributed by atoms with Gasteiger partial charge in [-0.2, -0.15) is 0 Å². The van der Waals surface area contributed by atoms with Gasteiger partial charge in [-0.3, -0.25) is 9.59 Å². The van der Waals surface area contributed by atoms with E-state index in [0.717, 1.165) is 5.56 Å². The summed E-state index contributed by atoms with van der Waals surface area (Å²) in [5.41, 5.74) is 1.20. The van der Waals surface area contributed by atoms with Crippen molar-refractivity contribution >= 4 is 23.5 Å². The zero-order valence-corrected chi connectivity index (χ0v) is 14.6. The SMILES string of the molecule is O=C(O)c1cccc(C(=O)Nc2ccc(CC(=O)N3CCOCC3)cc2)n1. The number of hydrogen-bond acceptors (Lipinski definition) is 5. The second-order valence-electron chi connectivity index (χ2n) is 6.03. The standard InChI is InChI=1S/C19H19N3O5/c23-17(22-8-10-27-11-9-22)12-13-4-6-14(7-5-13)20-18(24)15-2-1-3-16(21-15)19(25)26/h1-7H,8-12H2,(H,20,24)(H,25,26). The summed E-state index contributed by atoms with van der Waals surface area (Å²) in [6, 6.07) is 11.2. The van der Waals surface area contributed by atoms with Crippen LogP contribution in [0.5, 0.6) is 0 Å². The minimum absolute atomic E-state index is 0.0153. The lowest BCUT2D eigenvalue weighted by atomic mass is 10.1. The Hall–Kier alpha value is -3.26. The fraction of sp³-hybridized carbons (Fsp3) is 0.263. The number of ether oxygens (including phenoxy) is 1. The van der Waals surface area contributed by atoms with Crippen molar-refractivity contribution in [1.82, 2.24) is 9.88 Å². The zero-order valence-electron chi connectivity index (χ0n) is 14.6. The largest absolute Gasteiger partial charge is 0.477 e. The number of nitrogens with one attached hydrogen (secondary N) is 1. The van der Waals surface area contributed by atoms with Gasteiger partial charge < -0.3 is 20.1 Å². The average molecular weight is 369 g/mol. The summed E-state index contributed by atoms with van der Waals surface area (Å²) in [7, 11) is 0. The number of anilines is 1. The van der Waals surface area contributed by atoms with Crippen LogP contribution >= 0.6 is 0 Å². The molecule has 140 valence electrons. The van der Waals surface area contributed by atoms with Crippen molar-refractivity contribution in [2.75, 3.05) is 31.6 Å². The number of benzene rings is 1. The van der Waals surface area contributed by atoms with E-state index in [2.05, 4.69) is 10.3 Å². The van der Waals surface area contributed by atoms with Crippen molar-refractivity contribution in [3.05, 3.63) is 59.4 Å². The smallest absolute Gasteiger partial charge is 0.354 e. The van der Waals surface area contributed by atoms with Gasteiger partial charge in [-0.05, 0) is 29.8 Å². The van der Waals surface area contributed by atoms with Gasteiger partial charge in [0.2, 0.25) is 5.91 Å². The van der Waals surface area contributed by atoms with Gasteiger partial charge in [0.05, 0.1) is 19.6 Å². The minimum atomic E-state index is -1.20. The highest BCUT2D eigenvalue weighted by molar-refractivity contribution is 6.03. The first-order valence-corrected chi connectivity index (χ1v) is 8.49. The Morgan fingerprint density at radius 2 is 1.70 bits per heavy atom. The molecule has 2 N–H and O–H groups in total. The van der Waals surface area contributed by atoms with Gasteiger partial charge in [0, 0.05) is 18.8 Å². The molecule has 1 aliphatic rings. The molecule has 0 saturated carbocycles. The quantitative estimate of drug-likeness (QED) is 0.825. The topological polar surface area (TPSA) is 109 Å². The van der Waals surface area contributed by atoms with Crippen LogP contribution in [-0.4, -0.2) is 59.1 Å². The lowest BCUT2D eigenvalue weighted by Gasteiger charge is -2.26. The van der Waals surface area contributed by atoms with Crippen LogP contribution in [0, 0.1) is 0 Å². The summed E-state index contributed by atoms with van der Waals surface area (Å²) < 4.78 is 5.24. The number of amides is 2. The summed E-state index contributed by atoms with van der Waals surface area (Å²) in [5.74, 6) is -1.65. The summed E-state index contributed by atoms with van der Waals surface area (Å²) >= 11 is 0. The van der Waals surface area contributed by atoms with E-state index in [0.29, 0.717) is 32.0 Å². The highest BCUT2D eigenvalue weighted by Gasteiger charge is 2.17. The lowest BCUT2D eigenvalue weighted by molar-refractivity contribution is -0.134. The molecule has 27 heavy (non-hydrogen) atoms. The van der Waals surface area contributed by atoms with Gasteiger partial charge in [-0.25, -0.2) is 9.78 Å². The maximum Gasteiger partial charge on any atom is 0.354 e. The lowest BCUT2D eigenvalue weighted by Crippen LogP contribution is -2.41. The van der Waals surface area contributed by atoms with Crippen LogP contribution in [0.15, 0.2) is 42.5 Å². The van der Waals surface area contributed by atoms with Gasteiger partial charge in [0.15, 0.2) is 0 Å². The molecule has 1 aromatic carbocycles. The molecule has 0 spiro atoms. The van der Waals surface area contributed by atoms with E-state index >= 15 is 0 Å². The average Bonchev–Trinajstić information content (AvgIpc) is 2.70. The van der Waals surface area contributed by atoms with Crippen LogP contribution in [0.25, 0.3) is 0 Å². The monoisotopic (exact) mass is 369 g/mol. The fourth-order valence-electron chi connectivity index (χ4n) is 2.68. The number of carbonyl (C=O) groups excluding carboxylic acids is 2. The minimum Gasteiger partial charge on any atom is -0.477 e. The van der Waals surface area contributed by atoms with Crippen molar-refractivity contribution in [2.45, 2.75) is 6.42 Å². The third-order valence-electron chi connectivity index (χ3n) is 4.13. The predicted octanol–water partition coefficient (Wildman–Crippen LogP) is 1.43. The van der Waals surface area contributed by atoms with Crippen molar-refractivity contribution in [3.63, 3.8) is 0 Å². The first kappa shape index (κ1) is 18.5. The number of aromatic nitrogens is 1. The van der Waals surface area contributed by atoms with E-state index in [1.807, 2.05) is 0 Å². The molecule has 2 heterocycles. The van der Waals surface area contributed by atoms with Crippen LogP contribution in [-0.2, 0) is 16.0 Å². The number of nitrogens with zero attached hydrogens (tertiary/aromatic N) is 2. The molecule has 1 aromatic heterocycles.